The average Bonchev–Trinajstić information content (AvgIpc) is 2.42. The van der Waals surface area contributed by atoms with Crippen LogP contribution in [0.3, 0.4) is 0 Å². The zero-order chi connectivity index (χ0) is 13.7. The van der Waals surface area contributed by atoms with Crippen molar-refractivity contribution in [3.8, 4) is 0 Å². The summed E-state index contributed by atoms with van der Waals surface area (Å²) in [4.78, 5) is 12.2. The standard InChI is InChI=1S/C15H22N2O2/c16-9-8-11-4-3-5-12(10-11)15(19)17-13-6-1-2-7-14(13)18/h3-5,10,13-14,18H,1-2,6-9,16H2,(H,17,19). The molecule has 0 aromatic heterocycles. The first-order valence-corrected chi connectivity index (χ1v) is 6.98. The lowest BCUT2D eigenvalue weighted by Crippen LogP contribution is -2.45. The lowest BCUT2D eigenvalue weighted by atomic mass is 9.92. The molecule has 1 aliphatic carbocycles. The maximum atomic E-state index is 12.2. The normalized spacial score (nSPS) is 23.1. The van der Waals surface area contributed by atoms with Crippen molar-refractivity contribution in [2.24, 2.45) is 5.73 Å². The van der Waals surface area contributed by atoms with E-state index in [1.54, 1.807) is 6.07 Å². The molecule has 4 heteroatoms. The van der Waals surface area contributed by atoms with Gasteiger partial charge >= 0.3 is 0 Å². The first kappa shape index (κ1) is 14.0. The molecule has 1 fully saturated rings. The van der Waals surface area contributed by atoms with E-state index in [0.717, 1.165) is 37.7 Å². The third-order valence-electron chi connectivity index (χ3n) is 3.67. The van der Waals surface area contributed by atoms with Crippen molar-refractivity contribution in [1.29, 1.82) is 0 Å². The summed E-state index contributed by atoms with van der Waals surface area (Å²) in [5.41, 5.74) is 7.23. The Balaban J connectivity index is 2.00. The van der Waals surface area contributed by atoms with E-state index in [-0.39, 0.29) is 11.9 Å². The predicted molar refractivity (Wildman–Crippen MR) is 74.9 cm³/mol. The van der Waals surface area contributed by atoms with Crippen LogP contribution >= 0.6 is 0 Å². The first-order valence-electron chi connectivity index (χ1n) is 6.98. The summed E-state index contributed by atoms with van der Waals surface area (Å²) in [5.74, 6) is -0.107. The number of aliphatic hydroxyl groups excluding tert-OH is 1. The van der Waals surface area contributed by atoms with Gasteiger partial charge < -0.3 is 16.2 Å². The summed E-state index contributed by atoms with van der Waals surface area (Å²) >= 11 is 0. The summed E-state index contributed by atoms with van der Waals surface area (Å²) < 4.78 is 0. The Kier molecular flexibility index (Phi) is 4.93. The van der Waals surface area contributed by atoms with Crippen molar-refractivity contribution in [2.45, 2.75) is 44.2 Å². The third-order valence-corrected chi connectivity index (χ3v) is 3.67. The van der Waals surface area contributed by atoms with Gasteiger partial charge in [0, 0.05) is 5.56 Å². The number of amides is 1. The highest BCUT2D eigenvalue weighted by Crippen LogP contribution is 2.19. The van der Waals surface area contributed by atoms with E-state index in [1.807, 2.05) is 18.2 Å². The topological polar surface area (TPSA) is 75.4 Å². The van der Waals surface area contributed by atoms with Gasteiger partial charge in [-0.25, -0.2) is 0 Å². The van der Waals surface area contributed by atoms with Crippen molar-refractivity contribution in [3.05, 3.63) is 35.4 Å². The van der Waals surface area contributed by atoms with Crippen LogP contribution in [0.2, 0.25) is 0 Å². The van der Waals surface area contributed by atoms with Crippen LogP contribution in [0.5, 0.6) is 0 Å². The van der Waals surface area contributed by atoms with Crippen LogP contribution in [0.4, 0.5) is 0 Å². The fraction of sp³-hybridized carbons (Fsp3) is 0.533. The fourth-order valence-corrected chi connectivity index (χ4v) is 2.57. The highest BCUT2D eigenvalue weighted by molar-refractivity contribution is 5.94. The molecule has 1 aromatic carbocycles. The highest BCUT2D eigenvalue weighted by atomic mass is 16.3. The number of carbonyl (C=O) groups excluding carboxylic acids is 1. The summed E-state index contributed by atoms with van der Waals surface area (Å²) in [6, 6.07) is 7.40. The number of hydrogen-bond donors (Lipinski definition) is 3. The van der Waals surface area contributed by atoms with Crippen LogP contribution in [0.1, 0.15) is 41.6 Å². The van der Waals surface area contributed by atoms with Gasteiger partial charge in [-0.05, 0) is 43.5 Å². The fourth-order valence-electron chi connectivity index (χ4n) is 2.57. The molecule has 2 atom stereocenters. The van der Waals surface area contributed by atoms with Gasteiger partial charge in [0.2, 0.25) is 0 Å². The Hall–Kier alpha value is -1.39. The molecule has 1 amide bonds. The van der Waals surface area contributed by atoms with Gasteiger partial charge in [0.1, 0.15) is 0 Å². The molecule has 0 saturated heterocycles. The van der Waals surface area contributed by atoms with E-state index in [2.05, 4.69) is 5.32 Å². The minimum absolute atomic E-state index is 0.107. The summed E-state index contributed by atoms with van der Waals surface area (Å²) in [5, 5.41) is 12.8. The van der Waals surface area contributed by atoms with Gasteiger partial charge in [0.25, 0.3) is 5.91 Å². The van der Waals surface area contributed by atoms with E-state index in [1.165, 1.54) is 0 Å². The monoisotopic (exact) mass is 262 g/mol. The van der Waals surface area contributed by atoms with Crippen molar-refractivity contribution in [3.63, 3.8) is 0 Å². The van der Waals surface area contributed by atoms with Gasteiger partial charge in [-0.2, -0.15) is 0 Å². The molecule has 0 radical (unpaired) electrons. The van der Waals surface area contributed by atoms with Crippen LogP contribution in [-0.2, 0) is 6.42 Å². The molecule has 0 bridgehead atoms. The van der Waals surface area contributed by atoms with E-state index in [9.17, 15) is 9.90 Å². The van der Waals surface area contributed by atoms with Crippen molar-refractivity contribution in [2.75, 3.05) is 6.54 Å². The Morgan fingerprint density at radius 1 is 1.37 bits per heavy atom. The number of hydrogen-bond acceptors (Lipinski definition) is 3. The Morgan fingerprint density at radius 3 is 2.89 bits per heavy atom. The van der Waals surface area contributed by atoms with Crippen LogP contribution in [0.25, 0.3) is 0 Å². The molecule has 1 aromatic rings. The van der Waals surface area contributed by atoms with Crippen LogP contribution in [-0.4, -0.2) is 29.7 Å². The number of carbonyl (C=O) groups is 1. The number of benzene rings is 1. The molecule has 0 heterocycles. The second-order valence-corrected chi connectivity index (χ2v) is 5.17. The average molecular weight is 262 g/mol. The SMILES string of the molecule is NCCc1cccc(C(=O)NC2CCCCC2O)c1. The van der Waals surface area contributed by atoms with Crippen LogP contribution in [0, 0.1) is 0 Å². The number of nitrogens with one attached hydrogen (secondary N) is 1. The second-order valence-electron chi connectivity index (χ2n) is 5.17. The van der Waals surface area contributed by atoms with Gasteiger partial charge in [0.05, 0.1) is 12.1 Å². The van der Waals surface area contributed by atoms with Crippen molar-refractivity contribution in [1.82, 2.24) is 5.32 Å². The molecule has 4 nitrogen and oxygen atoms in total. The van der Waals surface area contributed by atoms with Gasteiger partial charge in [-0.1, -0.05) is 25.0 Å². The summed E-state index contributed by atoms with van der Waals surface area (Å²) in [7, 11) is 0. The minimum atomic E-state index is -0.412. The van der Waals surface area contributed by atoms with Crippen LogP contribution in [0.15, 0.2) is 24.3 Å². The molecule has 1 saturated carbocycles. The van der Waals surface area contributed by atoms with E-state index >= 15 is 0 Å². The van der Waals surface area contributed by atoms with Gasteiger partial charge in [-0.15, -0.1) is 0 Å². The number of rotatable bonds is 4. The minimum Gasteiger partial charge on any atom is -0.391 e. The Morgan fingerprint density at radius 2 is 2.16 bits per heavy atom. The smallest absolute Gasteiger partial charge is 0.251 e. The molecule has 2 rings (SSSR count). The molecular weight excluding hydrogens is 240 g/mol. The maximum absolute atomic E-state index is 12.2. The molecule has 1 aliphatic rings. The molecule has 104 valence electrons. The van der Waals surface area contributed by atoms with Crippen molar-refractivity contribution >= 4 is 5.91 Å². The van der Waals surface area contributed by atoms with Gasteiger partial charge in [-0.3, -0.25) is 4.79 Å². The molecule has 4 N–H and O–H groups in total. The lowest BCUT2D eigenvalue weighted by molar-refractivity contribution is 0.0717. The second kappa shape index (κ2) is 6.68. The zero-order valence-corrected chi connectivity index (χ0v) is 11.1. The van der Waals surface area contributed by atoms with Gasteiger partial charge in [0.15, 0.2) is 0 Å². The summed E-state index contributed by atoms with van der Waals surface area (Å²) in [6.07, 6.45) is 4.10. The quantitative estimate of drug-likeness (QED) is 0.763. The van der Waals surface area contributed by atoms with Crippen LogP contribution < -0.4 is 11.1 Å². The maximum Gasteiger partial charge on any atom is 0.251 e. The zero-order valence-electron chi connectivity index (χ0n) is 11.1. The van der Waals surface area contributed by atoms with E-state index in [4.69, 9.17) is 5.73 Å². The lowest BCUT2D eigenvalue weighted by Gasteiger charge is -2.28. The first-order chi connectivity index (χ1) is 9.20. The number of nitrogens with two attached hydrogens (primary N) is 1. The summed E-state index contributed by atoms with van der Waals surface area (Å²) in [6.45, 7) is 0.576. The highest BCUT2D eigenvalue weighted by Gasteiger charge is 2.24. The van der Waals surface area contributed by atoms with E-state index < -0.39 is 6.10 Å². The molecule has 0 spiro atoms. The molecule has 0 aliphatic heterocycles. The Bertz CT molecular complexity index is 434. The Labute approximate surface area is 114 Å². The van der Waals surface area contributed by atoms with E-state index in [0.29, 0.717) is 12.1 Å². The molecule has 19 heavy (non-hydrogen) atoms. The molecule has 2 unspecified atom stereocenters. The largest absolute Gasteiger partial charge is 0.391 e. The van der Waals surface area contributed by atoms with Crippen molar-refractivity contribution < 1.29 is 9.90 Å². The third kappa shape index (κ3) is 3.78. The molecular formula is C15H22N2O2. The number of aliphatic hydroxyl groups is 1. The predicted octanol–water partition coefficient (Wildman–Crippen LogP) is 1.22.